The lowest BCUT2D eigenvalue weighted by molar-refractivity contribution is 0.0934. The van der Waals surface area contributed by atoms with Crippen LogP contribution in [0.15, 0.2) is 16.7 Å². The van der Waals surface area contributed by atoms with Crippen molar-refractivity contribution >= 4 is 21.8 Å². The summed E-state index contributed by atoms with van der Waals surface area (Å²) in [6, 6.07) is 2.17. The Morgan fingerprint density at radius 3 is 2.62 bits per heavy atom. The van der Waals surface area contributed by atoms with Crippen LogP contribution in [-0.2, 0) is 0 Å². The molecule has 1 N–H and O–H groups in total. The molecule has 118 valence electrons. The van der Waals surface area contributed by atoms with E-state index in [4.69, 9.17) is 0 Å². The number of rotatable bonds is 6. The number of nitrogens with one attached hydrogen (secondary N) is 1. The molecule has 5 heteroatoms. The second-order valence-corrected chi connectivity index (χ2v) is 7.28. The van der Waals surface area contributed by atoms with Crippen molar-refractivity contribution in [1.82, 2.24) is 14.8 Å². The fourth-order valence-electron chi connectivity index (χ4n) is 2.88. The van der Waals surface area contributed by atoms with E-state index in [1.165, 1.54) is 25.9 Å². The molecule has 0 aromatic carbocycles. The summed E-state index contributed by atoms with van der Waals surface area (Å²) in [7, 11) is 0. The van der Waals surface area contributed by atoms with Crippen LogP contribution in [0.2, 0.25) is 0 Å². The monoisotopic (exact) mass is 355 g/mol. The number of amides is 1. The Morgan fingerprint density at radius 2 is 2.00 bits per heavy atom. The third kappa shape index (κ3) is 4.58. The molecule has 1 aromatic heterocycles. The molecule has 2 rings (SSSR count). The van der Waals surface area contributed by atoms with Crippen molar-refractivity contribution in [2.24, 2.45) is 5.92 Å². The molecule has 21 heavy (non-hydrogen) atoms. The first kappa shape index (κ1) is 16.6. The maximum Gasteiger partial charge on any atom is 0.267 e. The molecule has 1 aliphatic heterocycles. The van der Waals surface area contributed by atoms with Gasteiger partial charge in [-0.2, -0.15) is 0 Å². The highest BCUT2D eigenvalue weighted by Gasteiger charge is 2.17. The van der Waals surface area contributed by atoms with Crippen LogP contribution in [-0.4, -0.2) is 41.6 Å². The molecule has 0 saturated carbocycles. The van der Waals surface area contributed by atoms with E-state index in [1.54, 1.807) is 0 Å². The maximum absolute atomic E-state index is 12.4. The van der Waals surface area contributed by atoms with Gasteiger partial charge in [-0.15, -0.1) is 0 Å². The molecule has 0 aliphatic carbocycles. The summed E-state index contributed by atoms with van der Waals surface area (Å²) in [4.78, 5) is 14.8. The van der Waals surface area contributed by atoms with Crippen molar-refractivity contribution in [3.8, 4) is 0 Å². The van der Waals surface area contributed by atoms with Crippen molar-refractivity contribution in [1.29, 1.82) is 0 Å². The number of likely N-dealkylation sites (tertiary alicyclic amines) is 1. The fraction of sp³-hybridized carbons (Fsp3) is 0.688. The Hall–Kier alpha value is -0.810. The van der Waals surface area contributed by atoms with Crippen LogP contribution < -0.4 is 5.32 Å². The van der Waals surface area contributed by atoms with Crippen LogP contribution in [0, 0.1) is 5.92 Å². The number of aromatic nitrogens is 1. The second-order valence-electron chi connectivity index (χ2n) is 6.37. The van der Waals surface area contributed by atoms with Crippen LogP contribution in [0.5, 0.6) is 0 Å². The highest BCUT2D eigenvalue weighted by atomic mass is 79.9. The summed E-state index contributed by atoms with van der Waals surface area (Å²) in [6.07, 6.45) is 4.59. The van der Waals surface area contributed by atoms with Crippen molar-refractivity contribution in [2.75, 3.05) is 26.2 Å². The van der Waals surface area contributed by atoms with E-state index in [1.807, 2.05) is 16.8 Å². The predicted molar refractivity (Wildman–Crippen MR) is 89.7 cm³/mol. The van der Waals surface area contributed by atoms with E-state index in [-0.39, 0.29) is 11.9 Å². The lowest BCUT2D eigenvalue weighted by Crippen LogP contribution is -2.35. The molecule has 1 amide bonds. The highest BCUT2D eigenvalue weighted by Crippen LogP contribution is 2.19. The number of carbonyl (C=O) groups excluding carboxylic acids is 1. The Labute approximate surface area is 136 Å². The van der Waals surface area contributed by atoms with E-state index in [9.17, 15) is 4.79 Å². The minimum absolute atomic E-state index is 0.0164. The number of carbonyl (C=O) groups is 1. The summed E-state index contributed by atoms with van der Waals surface area (Å²) in [6.45, 7) is 10.6. The predicted octanol–water partition coefficient (Wildman–Crippen LogP) is 3.29. The van der Waals surface area contributed by atoms with Crippen molar-refractivity contribution in [2.45, 2.75) is 39.7 Å². The van der Waals surface area contributed by atoms with Crippen LogP contribution >= 0.6 is 15.9 Å². The van der Waals surface area contributed by atoms with Crippen molar-refractivity contribution < 1.29 is 4.79 Å². The number of hydrogen-bond donors (Lipinski definition) is 1. The highest BCUT2D eigenvalue weighted by molar-refractivity contribution is 9.10. The Morgan fingerprint density at radius 1 is 1.33 bits per heavy atom. The summed E-state index contributed by atoms with van der Waals surface area (Å²) < 4.78 is 2.95. The molecule has 0 spiro atoms. The average Bonchev–Trinajstić information content (AvgIpc) is 3.05. The molecule has 2 heterocycles. The van der Waals surface area contributed by atoms with Crippen molar-refractivity contribution in [3.05, 3.63) is 22.4 Å². The molecule has 1 fully saturated rings. The van der Waals surface area contributed by atoms with E-state index < -0.39 is 0 Å². The van der Waals surface area contributed by atoms with Gasteiger partial charge in [0.1, 0.15) is 5.69 Å². The first-order chi connectivity index (χ1) is 9.97. The quantitative estimate of drug-likeness (QED) is 0.849. The number of nitrogens with zero attached hydrogens (tertiary/aromatic N) is 2. The molecule has 1 saturated heterocycles. The molecular weight excluding hydrogens is 330 g/mol. The van der Waals surface area contributed by atoms with E-state index in [0.29, 0.717) is 5.92 Å². The van der Waals surface area contributed by atoms with Gasteiger partial charge < -0.3 is 14.8 Å². The lowest BCUT2D eigenvalue weighted by atomic mass is 10.1. The average molecular weight is 356 g/mol. The van der Waals surface area contributed by atoms with E-state index in [2.05, 4.69) is 46.9 Å². The van der Waals surface area contributed by atoms with Crippen molar-refractivity contribution in [3.63, 3.8) is 0 Å². The topological polar surface area (TPSA) is 37.3 Å². The molecule has 4 nitrogen and oxygen atoms in total. The normalized spacial score (nSPS) is 17.4. The molecule has 1 aromatic rings. The first-order valence-electron chi connectivity index (χ1n) is 7.85. The summed E-state index contributed by atoms with van der Waals surface area (Å²) in [5.74, 6) is 0.501. The molecule has 1 atom stereocenters. The summed E-state index contributed by atoms with van der Waals surface area (Å²) in [5, 5.41) is 3.07. The van der Waals surface area contributed by atoms with Gasteiger partial charge in [-0.3, -0.25) is 4.79 Å². The lowest BCUT2D eigenvalue weighted by Gasteiger charge is -2.20. The maximum atomic E-state index is 12.4. The third-order valence-corrected chi connectivity index (χ3v) is 4.42. The van der Waals surface area contributed by atoms with Gasteiger partial charge in [-0.25, -0.2) is 0 Å². The largest absolute Gasteiger partial charge is 0.350 e. The molecule has 0 radical (unpaired) electrons. The second kappa shape index (κ2) is 7.45. The first-order valence-corrected chi connectivity index (χ1v) is 8.64. The summed E-state index contributed by atoms with van der Waals surface area (Å²) >= 11 is 3.45. The fourth-order valence-corrected chi connectivity index (χ4v) is 3.32. The number of hydrogen-bond acceptors (Lipinski definition) is 2. The van der Waals surface area contributed by atoms with Gasteiger partial charge in [0, 0.05) is 29.8 Å². The SMILES string of the molecule is CC(CNC(=O)c1cc(Br)cn1C(C)C)CN1CCCC1. The zero-order chi connectivity index (χ0) is 15.4. The summed E-state index contributed by atoms with van der Waals surface area (Å²) in [5.41, 5.74) is 0.727. The minimum Gasteiger partial charge on any atom is -0.350 e. The zero-order valence-electron chi connectivity index (χ0n) is 13.2. The van der Waals surface area contributed by atoms with Gasteiger partial charge in [0.15, 0.2) is 0 Å². The van der Waals surface area contributed by atoms with Crippen LogP contribution in [0.1, 0.15) is 50.1 Å². The molecular formula is C16H26BrN3O. The Bertz CT molecular complexity index is 478. The minimum atomic E-state index is 0.0164. The van der Waals surface area contributed by atoms with Crippen LogP contribution in [0.3, 0.4) is 0 Å². The van der Waals surface area contributed by atoms with Gasteiger partial charge >= 0.3 is 0 Å². The van der Waals surface area contributed by atoms with E-state index >= 15 is 0 Å². The Kier molecular flexibility index (Phi) is 5.88. The van der Waals surface area contributed by atoms with Gasteiger partial charge in [0.2, 0.25) is 0 Å². The van der Waals surface area contributed by atoms with Gasteiger partial charge in [-0.05, 0) is 67.7 Å². The van der Waals surface area contributed by atoms with E-state index in [0.717, 1.165) is 23.3 Å². The van der Waals surface area contributed by atoms with Crippen LogP contribution in [0.25, 0.3) is 0 Å². The van der Waals surface area contributed by atoms with Gasteiger partial charge in [0.25, 0.3) is 5.91 Å². The van der Waals surface area contributed by atoms with Gasteiger partial charge in [-0.1, -0.05) is 6.92 Å². The standard InChI is InChI=1S/C16H26BrN3O/c1-12(2)20-11-14(17)8-15(20)16(21)18-9-13(3)10-19-6-4-5-7-19/h8,11-13H,4-7,9-10H2,1-3H3,(H,18,21). The number of halogens is 1. The smallest absolute Gasteiger partial charge is 0.267 e. The molecule has 1 unspecified atom stereocenters. The Balaban J connectivity index is 1.86. The molecule has 1 aliphatic rings. The van der Waals surface area contributed by atoms with Gasteiger partial charge in [0.05, 0.1) is 0 Å². The molecule has 0 bridgehead atoms. The third-order valence-electron chi connectivity index (χ3n) is 3.98. The zero-order valence-corrected chi connectivity index (χ0v) is 14.8. The van der Waals surface area contributed by atoms with Crippen LogP contribution in [0.4, 0.5) is 0 Å².